The van der Waals surface area contributed by atoms with E-state index in [1.807, 2.05) is 6.92 Å². The molecule has 1 aliphatic rings. The van der Waals surface area contributed by atoms with Gasteiger partial charge < -0.3 is 4.74 Å². The predicted molar refractivity (Wildman–Crippen MR) is 47.0 cm³/mol. The number of amides is 2. The quantitative estimate of drug-likeness (QED) is 0.604. The van der Waals surface area contributed by atoms with Gasteiger partial charge in [-0.15, -0.1) is 0 Å². The molecule has 0 bridgehead atoms. The molecule has 0 aromatic carbocycles. The Labute approximate surface area is 77.2 Å². The average Bonchev–Trinajstić information content (AvgIpc) is 2.50. The summed E-state index contributed by atoms with van der Waals surface area (Å²) in [5.74, 6) is -0.448. The molecule has 0 radical (unpaired) electrons. The number of carbonyl (C=O) groups excluding carboxylic acids is 2. The molecule has 0 unspecified atom stereocenters. The van der Waals surface area contributed by atoms with E-state index >= 15 is 0 Å². The molecule has 2 amide bonds. The van der Waals surface area contributed by atoms with Crippen LogP contribution in [0.5, 0.6) is 0 Å². The van der Waals surface area contributed by atoms with Crippen LogP contribution in [0.3, 0.4) is 0 Å². The van der Waals surface area contributed by atoms with Crippen molar-refractivity contribution >= 4 is 12.0 Å². The Bertz CT molecular complexity index is 247. The lowest BCUT2D eigenvalue weighted by Gasteiger charge is -2.13. The first kappa shape index (κ1) is 9.77. The van der Waals surface area contributed by atoms with Crippen LogP contribution in [0.1, 0.15) is 13.8 Å². The highest BCUT2D eigenvalue weighted by atomic mass is 16.6. The molecule has 4 nitrogen and oxygen atoms in total. The number of carbonyl (C=O) groups is 2. The molecule has 1 atom stereocenters. The fraction of sp³-hybridized carbons (Fsp3) is 0.556. The summed E-state index contributed by atoms with van der Waals surface area (Å²) in [6.07, 6.45) is 3.03. The van der Waals surface area contributed by atoms with E-state index in [2.05, 4.69) is 4.74 Å². The van der Waals surface area contributed by atoms with E-state index in [4.69, 9.17) is 0 Å². The lowest BCUT2D eigenvalue weighted by Crippen LogP contribution is -2.35. The van der Waals surface area contributed by atoms with Crippen LogP contribution in [-0.4, -0.2) is 30.1 Å². The van der Waals surface area contributed by atoms with Gasteiger partial charge in [0.1, 0.15) is 6.61 Å². The molecule has 0 spiro atoms. The molecule has 0 saturated carbocycles. The molecule has 1 rings (SSSR count). The molecule has 1 saturated heterocycles. The molecular weight excluding hydrogens is 170 g/mol. The van der Waals surface area contributed by atoms with E-state index in [0.29, 0.717) is 13.2 Å². The first-order valence-corrected chi connectivity index (χ1v) is 4.27. The van der Waals surface area contributed by atoms with Gasteiger partial charge in [0.2, 0.25) is 5.91 Å². The summed E-state index contributed by atoms with van der Waals surface area (Å²) in [4.78, 5) is 23.6. The van der Waals surface area contributed by atoms with Crippen LogP contribution in [-0.2, 0) is 9.53 Å². The van der Waals surface area contributed by atoms with Crippen molar-refractivity contribution in [3.63, 3.8) is 0 Å². The number of rotatable bonds is 2. The van der Waals surface area contributed by atoms with Gasteiger partial charge in [-0.25, -0.2) is 9.69 Å². The van der Waals surface area contributed by atoms with Crippen LogP contribution in [0.15, 0.2) is 12.2 Å². The van der Waals surface area contributed by atoms with E-state index in [1.165, 1.54) is 0 Å². The zero-order valence-electron chi connectivity index (χ0n) is 7.82. The van der Waals surface area contributed by atoms with Crippen molar-refractivity contribution in [2.24, 2.45) is 5.92 Å². The van der Waals surface area contributed by atoms with Gasteiger partial charge in [0, 0.05) is 0 Å². The second-order valence-corrected chi connectivity index (χ2v) is 2.92. The normalized spacial score (nSPS) is 19.2. The summed E-state index contributed by atoms with van der Waals surface area (Å²) >= 11 is 0. The third-order valence-electron chi connectivity index (χ3n) is 1.90. The molecule has 0 aliphatic carbocycles. The fourth-order valence-electron chi connectivity index (χ4n) is 1.21. The first-order chi connectivity index (χ1) is 6.16. The average molecular weight is 183 g/mol. The smallest absolute Gasteiger partial charge is 0.416 e. The largest absolute Gasteiger partial charge is 0.447 e. The van der Waals surface area contributed by atoms with Crippen LogP contribution in [0.25, 0.3) is 0 Å². The fourth-order valence-corrected chi connectivity index (χ4v) is 1.21. The Balaban J connectivity index is 2.61. The summed E-state index contributed by atoms with van der Waals surface area (Å²) in [5, 5.41) is 0. The Morgan fingerprint density at radius 2 is 2.38 bits per heavy atom. The highest BCUT2D eigenvalue weighted by Crippen LogP contribution is 2.10. The third kappa shape index (κ3) is 2.08. The van der Waals surface area contributed by atoms with Crippen molar-refractivity contribution in [3.05, 3.63) is 12.2 Å². The maximum atomic E-state index is 11.5. The highest BCUT2D eigenvalue weighted by molar-refractivity contribution is 5.94. The summed E-state index contributed by atoms with van der Waals surface area (Å²) in [7, 11) is 0. The van der Waals surface area contributed by atoms with Gasteiger partial charge in [0.15, 0.2) is 0 Å². The number of allylic oxidation sites excluding steroid dienone is 1. The first-order valence-electron chi connectivity index (χ1n) is 4.27. The van der Waals surface area contributed by atoms with E-state index < -0.39 is 6.09 Å². The topological polar surface area (TPSA) is 46.6 Å². The molecular formula is C9H13NO3. The summed E-state index contributed by atoms with van der Waals surface area (Å²) in [6.45, 7) is 4.28. The van der Waals surface area contributed by atoms with Crippen LogP contribution >= 0.6 is 0 Å². The Kier molecular flexibility index (Phi) is 3.06. The van der Waals surface area contributed by atoms with Crippen molar-refractivity contribution < 1.29 is 14.3 Å². The van der Waals surface area contributed by atoms with Crippen molar-refractivity contribution in [1.29, 1.82) is 0 Å². The Morgan fingerprint density at radius 3 is 2.85 bits per heavy atom. The molecule has 0 N–H and O–H groups in total. The van der Waals surface area contributed by atoms with Crippen molar-refractivity contribution in [2.45, 2.75) is 13.8 Å². The second kappa shape index (κ2) is 4.07. The molecule has 1 aliphatic heterocycles. The highest BCUT2D eigenvalue weighted by Gasteiger charge is 2.30. The molecule has 0 aromatic heterocycles. The minimum atomic E-state index is -0.527. The van der Waals surface area contributed by atoms with Crippen molar-refractivity contribution in [3.8, 4) is 0 Å². The number of hydrogen-bond acceptors (Lipinski definition) is 3. The van der Waals surface area contributed by atoms with Gasteiger partial charge in [0.05, 0.1) is 12.5 Å². The summed E-state index contributed by atoms with van der Waals surface area (Å²) < 4.78 is 4.66. The third-order valence-corrected chi connectivity index (χ3v) is 1.90. The number of cyclic esters (lactones) is 1. The van der Waals surface area contributed by atoms with Gasteiger partial charge in [-0.1, -0.05) is 19.1 Å². The minimum Gasteiger partial charge on any atom is -0.447 e. The van der Waals surface area contributed by atoms with Gasteiger partial charge in [-0.2, -0.15) is 0 Å². The predicted octanol–water partition coefficient (Wildman–Crippen LogP) is 1.18. The van der Waals surface area contributed by atoms with Crippen molar-refractivity contribution in [2.75, 3.05) is 13.2 Å². The molecule has 13 heavy (non-hydrogen) atoms. The summed E-state index contributed by atoms with van der Waals surface area (Å²) in [6, 6.07) is 0. The number of nitrogens with zero attached hydrogens (tertiary/aromatic N) is 1. The number of imide groups is 1. The SMILES string of the molecule is C/C=C/[C@H](C)C(=O)N1CCOC1=O. The maximum absolute atomic E-state index is 11.5. The van der Waals surface area contributed by atoms with Gasteiger partial charge >= 0.3 is 6.09 Å². The van der Waals surface area contributed by atoms with Crippen LogP contribution in [0, 0.1) is 5.92 Å². The monoisotopic (exact) mass is 183 g/mol. The Hall–Kier alpha value is -1.32. The lowest BCUT2D eigenvalue weighted by atomic mass is 10.1. The standard InChI is InChI=1S/C9H13NO3/c1-3-4-7(2)8(11)10-5-6-13-9(10)12/h3-4,7H,5-6H2,1-2H3/b4-3+/t7-/m0/s1. The molecule has 4 heteroatoms. The molecule has 1 fully saturated rings. The lowest BCUT2D eigenvalue weighted by molar-refractivity contribution is -0.129. The maximum Gasteiger partial charge on any atom is 0.416 e. The summed E-state index contributed by atoms with van der Waals surface area (Å²) in [5.41, 5.74) is 0. The van der Waals surface area contributed by atoms with Crippen molar-refractivity contribution in [1.82, 2.24) is 4.90 Å². The van der Waals surface area contributed by atoms with Gasteiger partial charge in [-0.05, 0) is 6.92 Å². The number of hydrogen-bond donors (Lipinski definition) is 0. The zero-order chi connectivity index (χ0) is 9.84. The molecule has 0 aromatic rings. The molecule has 1 heterocycles. The minimum absolute atomic E-state index is 0.194. The van der Waals surface area contributed by atoms with E-state index in [9.17, 15) is 9.59 Å². The second-order valence-electron chi connectivity index (χ2n) is 2.92. The van der Waals surface area contributed by atoms with Crippen LogP contribution in [0.4, 0.5) is 4.79 Å². The van der Waals surface area contributed by atoms with E-state index in [1.54, 1.807) is 19.1 Å². The van der Waals surface area contributed by atoms with E-state index in [-0.39, 0.29) is 11.8 Å². The van der Waals surface area contributed by atoms with Crippen LogP contribution in [0.2, 0.25) is 0 Å². The number of ether oxygens (including phenoxy) is 1. The Morgan fingerprint density at radius 1 is 1.69 bits per heavy atom. The zero-order valence-corrected chi connectivity index (χ0v) is 7.82. The van der Waals surface area contributed by atoms with Gasteiger partial charge in [-0.3, -0.25) is 4.79 Å². The van der Waals surface area contributed by atoms with Crippen LogP contribution < -0.4 is 0 Å². The van der Waals surface area contributed by atoms with E-state index in [0.717, 1.165) is 4.90 Å². The molecule has 72 valence electrons. The van der Waals surface area contributed by atoms with Gasteiger partial charge in [0.25, 0.3) is 0 Å².